The summed E-state index contributed by atoms with van der Waals surface area (Å²) in [7, 11) is 1.27. The van der Waals surface area contributed by atoms with Crippen LogP contribution in [0.5, 0.6) is 5.75 Å². The van der Waals surface area contributed by atoms with Gasteiger partial charge in [0.05, 0.1) is 24.3 Å². The first-order valence-electron chi connectivity index (χ1n) is 8.70. The van der Waals surface area contributed by atoms with Gasteiger partial charge in [-0.3, -0.25) is 9.59 Å². The highest BCUT2D eigenvalue weighted by atomic mass is 35.5. The van der Waals surface area contributed by atoms with Gasteiger partial charge in [-0.15, -0.1) is 0 Å². The Balaban J connectivity index is 1.64. The number of aryl methyl sites for hydroxylation is 1. The summed E-state index contributed by atoms with van der Waals surface area (Å²) in [6.45, 7) is 3.05. The predicted octanol–water partition coefficient (Wildman–Crippen LogP) is 3.05. The molecule has 8 heteroatoms. The van der Waals surface area contributed by atoms with E-state index in [1.807, 2.05) is 0 Å². The Morgan fingerprint density at radius 1 is 1.29 bits per heavy atom. The van der Waals surface area contributed by atoms with E-state index in [-0.39, 0.29) is 12.3 Å². The van der Waals surface area contributed by atoms with Crippen LogP contribution in [0, 0.1) is 19.8 Å². The van der Waals surface area contributed by atoms with Crippen LogP contribution in [0.4, 0.5) is 0 Å². The molecule has 1 aromatic carbocycles. The van der Waals surface area contributed by atoms with Crippen molar-refractivity contribution in [3.05, 3.63) is 51.3 Å². The lowest BCUT2D eigenvalue weighted by Crippen LogP contribution is -2.31. The maximum Gasteiger partial charge on any atom is 0.339 e. The van der Waals surface area contributed by atoms with Gasteiger partial charge in [0.15, 0.2) is 6.61 Å². The second kappa shape index (κ2) is 8.06. The Labute approximate surface area is 166 Å². The van der Waals surface area contributed by atoms with Gasteiger partial charge in [-0.25, -0.2) is 4.79 Å². The van der Waals surface area contributed by atoms with Crippen molar-refractivity contribution < 1.29 is 28.6 Å². The number of H-pyrrole nitrogens is 1. The fourth-order valence-corrected chi connectivity index (χ4v) is 3.47. The molecular formula is C20H20ClNO6. The molecule has 0 saturated carbocycles. The molecule has 0 saturated heterocycles. The van der Waals surface area contributed by atoms with Crippen LogP contribution in [0.1, 0.15) is 37.7 Å². The topological polar surface area (TPSA) is 94.7 Å². The number of hydrogen-bond acceptors (Lipinski definition) is 6. The van der Waals surface area contributed by atoms with Crippen molar-refractivity contribution >= 4 is 29.3 Å². The molecule has 2 aromatic rings. The maximum atomic E-state index is 12.5. The zero-order valence-electron chi connectivity index (χ0n) is 15.8. The van der Waals surface area contributed by atoms with E-state index in [9.17, 15) is 14.4 Å². The quantitative estimate of drug-likeness (QED) is 0.606. The normalized spacial score (nSPS) is 15.4. The Morgan fingerprint density at radius 2 is 2.04 bits per heavy atom. The van der Waals surface area contributed by atoms with Crippen LogP contribution in [-0.2, 0) is 20.7 Å². The van der Waals surface area contributed by atoms with Gasteiger partial charge in [0.2, 0.25) is 5.78 Å². The van der Waals surface area contributed by atoms with Crippen LogP contribution in [0.25, 0.3) is 0 Å². The fraction of sp³-hybridized carbons (Fsp3) is 0.350. The molecule has 1 atom stereocenters. The van der Waals surface area contributed by atoms with Crippen LogP contribution in [0.3, 0.4) is 0 Å². The number of benzene rings is 1. The molecule has 148 valence electrons. The van der Waals surface area contributed by atoms with Crippen molar-refractivity contribution in [3.8, 4) is 5.75 Å². The van der Waals surface area contributed by atoms with E-state index in [0.29, 0.717) is 34.0 Å². The first-order valence-corrected chi connectivity index (χ1v) is 9.08. The lowest BCUT2D eigenvalue weighted by Gasteiger charge is -2.24. The smallest absolute Gasteiger partial charge is 0.339 e. The third-order valence-electron chi connectivity index (χ3n) is 4.71. The number of fused-ring (bicyclic) bond motifs is 1. The van der Waals surface area contributed by atoms with Crippen molar-refractivity contribution in [2.75, 3.05) is 20.3 Å². The highest BCUT2D eigenvalue weighted by molar-refractivity contribution is 6.30. The van der Waals surface area contributed by atoms with E-state index in [0.717, 1.165) is 5.56 Å². The number of hydrogen-bond donors (Lipinski definition) is 1. The van der Waals surface area contributed by atoms with Crippen LogP contribution in [-0.4, -0.2) is 43.0 Å². The van der Waals surface area contributed by atoms with Crippen LogP contribution < -0.4 is 4.74 Å². The number of Topliss-reactive ketones (excluding diaryl/α,β-unsaturated/α-hetero) is 1. The minimum absolute atomic E-state index is 0.175. The van der Waals surface area contributed by atoms with Gasteiger partial charge >= 0.3 is 11.9 Å². The van der Waals surface area contributed by atoms with E-state index >= 15 is 0 Å². The monoisotopic (exact) mass is 405 g/mol. The van der Waals surface area contributed by atoms with Gasteiger partial charge in [-0.1, -0.05) is 11.6 Å². The van der Waals surface area contributed by atoms with Gasteiger partial charge < -0.3 is 19.2 Å². The van der Waals surface area contributed by atoms with E-state index in [1.54, 1.807) is 32.0 Å². The Morgan fingerprint density at radius 3 is 2.75 bits per heavy atom. The number of aromatic nitrogens is 1. The van der Waals surface area contributed by atoms with Crippen molar-refractivity contribution in [1.29, 1.82) is 0 Å². The standard InChI is InChI=1S/C20H20ClNO6/c1-10-17(20(25)26-3)11(2)22-18(10)15(23)9-28-19(24)13-6-12-7-14(21)4-5-16(12)27-8-13/h4-5,7,13,22H,6,8-9H2,1-3H3. The molecule has 0 spiro atoms. The predicted molar refractivity (Wildman–Crippen MR) is 101 cm³/mol. The van der Waals surface area contributed by atoms with E-state index in [2.05, 4.69) is 4.98 Å². The number of esters is 2. The first-order chi connectivity index (χ1) is 13.3. The Bertz CT molecular complexity index is 948. The summed E-state index contributed by atoms with van der Waals surface area (Å²) in [6, 6.07) is 5.24. The van der Waals surface area contributed by atoms with Gasteiger partial charge in [-0.05, 0) is 49.6 Å². The number of carbonyl (C=O) groups is 3. The lowest BCUT2D eigenvalue weighted by molar-refractivity contribution is -0.148. The molecule has 2 heterocycles. The zero-order chi connectivity index (χ0) is 20.4. The summed E-state index contributed by atoms with van der Waals surface area (Å²) >= 11 is 5.98. The van der Waals surface area contributed by atoms with Gasteiger partial charge in [-0.2, -0.15) is 0 Å². The summed E-state index contributed by atoms with van der Waals surface area (Å²) in [6.07, 6.45) is 0.427. The summed E-state index contributed by atoms with van der Waals surface area (Å²) in [4.78, 5) is 39.5. The Hall–Kier alpha value is -2.80. The number of halogens is 1. The average molecular weight is 406 g/mol. The van der Waals surface area contributed by atoms with E-state index in [1.165, 1.54) is 7.11 Å². The molecule has 0 aliphatic carbocycles. The molecule has 0 bridgehead atoms. The summed E-state index contributed by atoms with van der Waals surface area (Å²) < 4.78 is 15.5. The average Bonchev–Trinajstić information content (AvgIpc) is 2.98. The van der Waals surface area contributed by atoms with Crippen LogP contribution in [0.2, 0.25) is 5.02 Å². The summed E-state index contributed by atoms with van der Waals surface area (Å²) in [5.74, 6) is -1.30. The molecule has 1 aliphatic heterocycles. The molecule has 1 aliphatic rings. The molecule has 1 aromatic heterocycles. The highest BCUT2D eigenvalue weighted by Crippen LogP contribution is 2.30. The third kappa shape index (κ3) is 3.89. The zero-order valence-corrected chi connectivity index (χ0v) is 16.5. The number of ketones is 1. The number of rotatable bonds is 5. The minimum atomic E-state index is -0.529. The maximum absolute atomic E-state index is 12.5. The van der Waals surface area contributed by atoms with E-state index < -0.39 is 30.2 Å². The molecule has 1 N–H and O–H groups in total. The van der Waals surface area contributed by atoms with Gasteiger partial charge in [0.25, 0.3) is 0 Å². The minimum Gasteiger partial charge on any atom is -0.492 e. The van der Waals surface area contributed by atoms with Crippen molar-refractivity contribution in [3.63, 3.8) is 0 Å². The van der Waals surface area contributed by atoms with Crippen LogP contribution in [0.15, 0.2) is 18.2 Å². The number of carbonyl (C=O) groups excluding carboxylic acids is 3. The van der Waals surface area contributed by atoms with Gasteiger partial charge in [0.1, 0.15) is 12.4 Å². The molecule has 28 heavy (non-hydrogen) atoms. The largest absolute Gasteiger partial charge is 0.492 e. The van der Waals surface area contributed by atoms with Gasteiger partial charge in [0, 0.05) is 10.7 Å². The SMILES string of the molecule is COC(=O)c1c(C)[nH]c(C(=O)COC(=O)C2COc3ccc(Cl)cc3C2)c1C. The molecule has 0 fully saturated rings. The van der Waals surface area contributed by atoms with Crippen molar-refractivity contribution in [2.24, 2.45) is 5.92 Å². The van der Waals surface area contributed by atoms with Crippen molar-refractivity contribution in [2.45, 2.75) is 20.3 Å². The molecule has 7 nitrogen and oxygen atoms in total. The molecular weight excluding hydrogens is 386 g/mol. The fourth-order valence-electron chi connectivity index (χ4n) is 3.28. The summed E-state index contributed by atoms with van der Waals surface area (Å²) in [5, 5.41) is 0.561. The number of aromatic amines is 1. The molecule has 1 unspecified atom stereocenters. The lowest BCUT2D eigenvalue weighted by atomic mass is 9.97. The number of nitrogens with one attached hydrogen (secondary N) is 1. The number of ether oxygens (including phenoxy) is 3. The third-order valence-corrected chi connectivity index (χ3v) is 4.95. The van der Waals surface area contributed by atoms with Crippen molar-refractivity contribution in [1.82, 2.24) is 4.98 Å². The molecule has 3 rings (SSSR count). The first kappa shape index (κ1) is 19.9. The summed E-state index contributed by atoms with van der Waals surface area (Å²) in [5.41, 5.74) is 2.35. The second-order valence-electron chi connectivity index (χ2n) is 6.61. The molecule has 0 amide bonds. The highest BCUT2D eigenvalue weighted by Gasteiger charge is 2.29. The number of methoxy groups -OCH3 is 1. The second-order valence-corrected chi connectivity index (χ2v) is 7.05. The Kier molecular flexibility index (Phi) is 5.74. The molecule has 0 radical (unpaired) electrons. The van der Waals surface area contributed by atoms with Crippen LogP contribution >= 0.6 is 11.6 Å². The van der Waals surface area contributed by atoms with E-state index in [4.69, 9.17) is 25.8 Å².